The molecule has 0 unspecified atom stereocenters. The van der Waals surface area contributed by atoms with Crippen LogP contribution in [-0.4, -0.2) is 29.5 Å². The van der Waals surface area contributed by atoms with Crippen molar-refractivity contribution in [3.8, 4) is 5.75 Å². The van der Waals surface area contributed by atoms with E-state index in [9.17, 15) is 10.2 Å². The van der Waals surface area contributed by atoms with E-state index in [0.717, 1.165) is 11.1 Å². The molecule has 0 fully saturated rings. The highest BCUT2D eigenvalue weighted by Crippen LogP contribution is 2.29. The Morgan fingerprint density at radius 2 is 2.14 bits per heavy atom. The number of benzene rings is 1. The molecule has 0 saturated carbocycles. The maximum absolute atomic E-state index is 9.70. The van der Waals surface area contributed by atoms with Gasteiger partial charge in [-0.15, -0.1) is 0 Å². The fourth-order valence-corrected chi connectivity index (χ4v) is 1.98. The number of phenolic OH excluding ortho intramolecular Hbond substituents is 1. The van der Waals surface area contributed by atoms with Crippen molar-refractivity contribution in [2.24, 2.45) is 0 Å². The van der Waals surface area contributed by atoms with Crippen LogP contribution in [0.25, 0.3) is 0 Å². The average molecular weight is 194 g/mol. The fraction of sp³-hybridized carbons (Fsp3) is 0.455. The van der Waals surface area contributed by atoms with Crippen LogP contribution in [0.1, 0.15) is 11.1 Å². The van der Waals surface area contributed by atoms with Gasteiger partial charge in [-0.1, -0.05) is 12.1 Å². The first kappa shape index (κ1) is 9.49. The van der Waals surface area contributed by atoms with Gasteiger partial charge in [0.05, 0.1) is 12.2 Å². The minimum Gasteiger partial charge on any atom is -0.508 e. The smallest absolute Gasteiger partial charge is 0.119 e. The van der Waals surface area contributed by atoms with Gasteiger partial charge in [0.2, 0.25) is 0 Å². The molecule has 3 heteroatoms. The zero-order valence-corrected chi connectivity index (χ0v) is 8.10. The monoisotopic (exact) mass is 194 g/mol. The summed E-state index contributed by atoms with van der Waals surface area (Å²) in [4.78, 5) is 0. The lowest BCUT2D eigenvalue weighted by molar-refractivity contribution is -0.0165. The highest BCUT2D eigenvalue weighted by molar-refractivity contribution is 5.41. The predicted molar refractivity (Wildman–Crippen MR) is 52.3 cm³/mol. The number of hydrogen-bond donors (Lipinski definition) is 2. The van der Waals surface area contributed by atoms with Gasteiger partial charge in [0.25, 0.3) is 0 Å². The quantitative estimate of drug-likeness (QED) is 0.697. The molecule has 1 aromatic carbocycles. The third-order valence-electron chi connectivity index (χ3n) is 2.81. The maximum Gasteiger partial charge on any atom is 0.119 e. The van der Waals surface area contributed by atoms with E-state index in [4.69, 9.17) is 4.74 Å². The van der Waals surface area contributed by atoms with Crippen molar-refractivity contribution in [3.05, 3.63) is 29.3 Å². The number of methoxy groups -OCH3 is 1. The van der Waals surface area contributed by atoms with E-state index in [1.54, 1.807) is 19.2 Å². The second-order valence-electron chi connectivity index (χ2n) is 3.66. The van der Waals surface area contributed by atoms with Crippen LogP contribution in [0.4, 0.5) is 0 Å². The number of phenols is 1. The molecule has 0 amide bonds. The van der Waals surface area contributed by atoms with E-state index in [0.29, 0.717) is 18.6 Å². The number of fused-ring (bicyclic) bond motifs is 1. The van der Waals surface area contributed by atoms with Crippen molar-refractivity contribution in [1.29, 1.82) is 0 Å². The molecule has 2 rings (SSSR count). The summed E-state index contributed by atoms with van der Waals surface area (Å²) in [5.74, 6) is 0.302. The van der Waals surface area contributed by atoms with Crippen molar-refractivity contribution < 1.29 is 14.9 Å². The van der Waals surface area contributed by atoms with Crippen LogP contribution in [0.15, 0.2) is 18.2 Å². The van der Waals surface area contributed by atoms with Gasteiger partial charge in [-0.25, -0.2) is 0 Å². The number of aromatic hydroxyl groups is 1. The Labute approximate surface area is 83.0 Å². The van der Waals surface area contributed by atoms with Gasteiger partial charge in [-0.05, 0) is 17.2 Å². The summed E-state index contributed by atoms with van der Waals surface area (Å²) >= 11 is 0. The molecular formula is C11H14O3. The molecule has 2 N–H and O–H groups in total. The first-order valence-corrected chi connectivity index (χ1v) is 4.73. The van der Waals surface area contributed by atoms with E-state index in [2.05, 4.69) is 0 Å². The first-order chi connectivity index (χ1) is 6.72. The minimum absolute atomic E-state index is 0.198. The highest BCUT2D eigenvalue weighted by Gasteiger charge is 2.28. The summed E-state index contributed by atoms with van der Waals surface area (Å²) in [5, 5.41) is 19.3. The molecule has 3 nitrogen and oxygen atoms in total. The van der Waals surface area contributed by atoms with Crippen molar-refractivity contribution in [2.45, 2.75) is 25.0 Å². The van der Waals surface area contributed by atoms with Crippen LogP contribution < -0.4 is 0 Å². The summed E-state index contributed by atoms with van der Waals surface area (Å²) in [7, 11) is 1.58. The van der Waals surface area contributed by atoms with E-state index >= 15 is 0 Å². The van der Waals surface area contributed by atoms with Gasteiger partial charge >= 0.3 is 0 Å². The third-order valence-corrected chi connectivity index (χ3v) is 2.81. The lowest BCUT2D eigenvalue weighted by atomic mass is 9.87. The zero-order chi connectivity index (χ0) is 10.1. The molecule has 76 valence electrons. The Morgan fingerprint density at radius 1 is 1.36 bits per heavy atom. The van der Waals surface area contributed by atoms with Crippen LogP contribution >= 0.6 is 0 Å². The van der Waals surface area contributed by atoms with Gasteiger partial charge in [-0.2, -0.15) is 0 Å². The molecule has 0 aromatic heterocycles. The van der Waals surface area contributed by atoms with Crippen LogP contribution in [0.3, 0.4) is 0 Å². The van der Waals surface area contributed by atoms with Gasteiger partial charge < -0.3 is 14.9 Å². The van der Waals surface area contributed by atoms with Crippen LogP contribution in [-0.2, 0) is 17.6 Å². The number of aliphatic hydroxyl groups is 1. The lowest BCUT2D eigenvalue weighted by Gasteiger charge is -2.28. The Bertz CT molecular complexity index is 335. The highest BCUT2D eigenvalue weighted by atomic mass is 16.5. The summed E-state index contributed by atoms with van der Waals surface area (Å²) in [6.45, 7) is 0. The van der Waals surface area contributed by atoms with Crippen molar-refractivity contribution in [2.75, 3.05) is 7.11 Å². The van der Waals surface area contributed by atoms with E-state index < -0.39 is 6.10 Å². The summed E-state index contributed by atoms with van der Waals surface area (Å²) in [6.07, 6.45) is 0.479. The predicted octanol–water partition coefficient (Wildman–Crippen LogP) is 0.867. The first-order valence-electron chi connectivity index (χ1n) is 4.73. The number of rotatable bonds is 1. The fourth-order valence-electron chi connectivity index (χ4n) is 1.98. The topological polar surface area (TPSA) is 49.7 Å². The second kappa shape index (κ2) is 3.59. The third kappa shape index (κ3) is 1.49. The Hall–Kier alpha value is -1.06. The Morgan fingerprint density at radius 3 is 2.86 bits per heavy atom. The van der Waals surface area contributed by atoms with Crippen LogP contribution in [0, 0.1) is 0 Å². The Kier molecular flexibility index (Phi) is 2.44. The van der Waals surface area contributed by atoms with E-state index in [-0.39, 0.29) is 6.10 Å². The molecule has 0 radical (unpaired) electrons. The zero-order valence-electron chi connectivity index (χ0n) is 8.10. The van der Waals surface area contributed by atoms with Gasteiger partial charge in [0.15, 0.2) is 0 Å². The van der Waals surface area contributed by atoms with Gasteiger partial charge in [0.1, 0.15) is 5.75 Å². The van der Waals surface area contributed by atoms with Crippen LogP contribution in [0.5, 0.6) is 5.75 Å². The number of aliphatic hydroxyl groups excluding tert-OH is 1. The van der Waals surface area contributed by atoms with Crippen LogP contribution in [0.2, 0.25) is 0 Å². The molecular weight excluding hydrogens is 180 g/mol. The second-order valence-corrected chi connectivity index (χ2v) is 3.66. The molecule has 0 spiro atoms. The SMILES string of the molecule is CO[C@H]1Cc2c(O)cccc2C[C@@H]1O. The maximum atomic E-state index is 9.70. The standard InChI is InChI=1S/C11H14O3/c1-14-11-6-8-7(5-10(11)13)3-2-4-9(8)12/h2-4,10-13H,5-6H2,1H3/t10-,11-/m0/s1. The average Bonchev–Trinajstić information content (AvgIpc) is 2.17. The molecule has 0 bridgehead atoms. The van der Waals surface area contributed by atoms with Crippen molar-refractivity contribution in [1.82, 2.24) is 0 Å². The normalized spacial score (nSPS) is 25.9. The molecule has 0 heterocycles. The summed E-state index contributed by atoms with van der Waals surface area (Å²) in [5.41, 5.74) is 1.93. The van der Waals surface area contributed by atoms with E-state index in [1.807, 2.05) is 6.07 Å². The molecule has 0 saturated heterocycles. The van der Waals surface area contributed by atoms with Gasteiger partial charge in [0, 0.05) is 20.0 Å². The summed E-state index contributed by atoms with van der Waals surface area (Å²) < 4.78 is 5.15. The summed E-state index contributed by atoms with van der Waals surface area (Å²) in [6, 6.07) is 5.40. The van der Waals surface area contributed by atoms with Crippen molar-refractivity contribution >= 4 is 0 Å². The Balaban J connectivity index is 2.36. The van der Waals surface area contributed by atoms with Gasteiger partial charge in [-0.3, -0.25) is 0 Å². The largest absolute Gasteiger partial charge is 0.508 e. The number of hydrogen-bond acceptors (Lipinski definition) is 3. The van der Waals surface area contributed by atoms with Crippen molar-refractivity contribution in [3.63, 3.8) is 0 Å². The van der Waals surface area contributed by atoms with E-state index in [1.165, 1.54) is 0 Å². The minimum atomic E-state index is -0.464. The molecule has 1 aliphatic rings. The molecule has 2 atom stereocenters. The molecule has 1 aliphatic carbocycles. The molecule has 14 heavy (non-hydrogen) atoms. The molecule has 1 aromatic rings. The molecule has 0 aliphatic heterocycles. The number of ether oxygens (including phenoxy) is 1. The lowest BCUT2D eigenvalue weighted by Crippen LogP contribution is -2.36.